The Morgan fingerprint density at radius 1 is 0.900 bits per heavy atom. The molecule has 0 bridgehead atoms. The summed E-state index contributed by atoms with van der Waals surface area (Å²) in [6.07, 6.45) is 6.06. The van der Waals surface area contributed by atoms with Crippen molar-refractivity contribution in [3.63, 3.8) is 0 Å². The minimum absolute atomic E-state index is 0.0197. The lowest BCUT2D eigenvalue weighted by Crippen LogP contribution is -2.12. The lowest BCUT2D eigenvalue weighted by atomic mass is 10.3. The summed E-state index contributed by atoms with van der Waals surface area (Å²) < 4.78 is 9.47. The first-order chi connectivity index (χ1) is 9.36. The van der Waals surface area contributed by atoms with Crippen molar-refractivity contribution in [1.29, 1.82) is 0 Å². The van der Waals surface area contributed by atoms with E-state index in [1.807, 2.05) is 0 Å². The van der Waals surface area contributed by atoms with E-state index in [4.69, 9.17) is 9.47 Å². The molecule has 0 saturated heterocycles. The average molecular weight is 280 g/mol. The van der Waals surface area contributed by atoms with E-state index in [-0.39, 0.29) is 35.7 Å². The van der Waals surface area contributed by atoms with Gasteiger partial charge in [0, 0.05) is 13.8 Å². The van der Waals surface area contributed by atoms with Gasteiger partial charge in [0.15, 0.2) is 11.6 Å². The van der Waals surface area contributed by atoms with Gasteiger partial charge in [0.25, 0.3) is 0 Å². The Morgan fingerprint density at radius 2 is 1.25 bits per heavy atom. The molecule has 0 amide bonds. The van der Waals surface area contributed by atoms with Gasteiger partial charge in [-0.15, -0.1) is 0 Å². The van der Waals surface area contributed by atoms with Gasteiger partial charge in [0.05, 0.1) is 12.8 Å². The monoisotopic (exact) mass is 280 g/mol. The quantitative estimate of drug-likeness (QED) is 0.698. The summed E-state index contributed by atoms with van der Waals surface area (Å²) in [4.78, 5) is 41.8. The number of ketones is 2. The Morgan fingerprint density at radius 3 is 1.45 bits per heavy atom. The van der Waals surface area contributed by atoms with Crippen LogP contribution >= 0.6 is 0 Å². The maximum Gasteiger partial charge on any atom is 0.303 e. The minimum atomic E-state index is -0.343. The molecule has 6 nitrogen and oxygen atoms in total. The van der Waals surface area contributed by atoms with Gasteiger partial charge in [0.2, 0.25) is 0 Å². The van der Waals surface area contributed by atoms with Crippen LogP contribution < -0.4 is 0 Å². The van der Waals surface area contributed by atoms with E-state index in [9.17, 15) is 19.2 Å². The molecule has 0 fully saturated rings. The van der Waals surface area contributed by atoms with Crippen LogP contribution in [0.1, 0.15) is 26.7 Å². The molecule has 0 N–H and O–H groups in total. The molecule has 2 rings (SSSR count). The molecule has 0 saturated carbocycles. The van der Waals surface area contributed by atoms with Crippen LogP contribution in [0, 0.1) is 0 Å². The molecule has 0 spiro atoms. The van der Waals surface area contributed by atoms with Gasteiger partial charge in [-0.1, -0.05) is 0 Å². The Kier molecular flexibility index (Phi) is 5.83. The Hall–Kier alpha value is -2.24. The van der Waals surface area contributed by atoms with Crippen LogP contribution in [0.2, 0.25) is 0 Å². The van der Waals surface area contributed by atoms with E-state index in [0.29, 0.717) is 12.8 Å². The van der Waals surface area contributed by atoms with Crippen molar-refractivity contribution in [2.24, 2.45) is 0 Å². The molecule has 2 atom stereocenters. The number of rotatable bonds is 2. The largest absolute Gasteiger partial charge is 0.458 e. The standard InChI is InChI=1S/2C7H8O3/c2*1-5(8)10-7-3-2-6(9)4-7/h2*2-3,7H,4H2,1H3/t2*7-/m10/s1. The second-order valence-electron chi connectivity index (χ2n) is 4.35. The molecule has 0 aromatic heterocycles. The Bertz CT molecular complexity index is 430. The van der Waals surface area contributed by atoms with Crippen LogP contribution in [0.4, 0.5) is 0 Å². The predicted octanol–water partition coefficient (Wildman–Crippen LogP) is 0.894. The van der Waals surface area contributed by atoms with Crippen LogP contribution in [-0.4, -0.2) is 35.7 Å². The smallest absolute Gasteiger partial charge is 0.303 e. The fourth-order valence-electron chi connectivity index (χ4n) is 1.69. The topological polar surface area (TPSA) is 86.7 Å². The summed E-state index contributed by atoms with van der Waals surface area (Å²) in [6, 6.07) is 0. The number of carbonyl (C=O) groups is 4. The van der Waals surface area contributed by atoms with E-state index >= 15 is 0 Å². The molecular weight excluding hydrogens is 264 g/mol. The highest BCUT2D eigenvalue weighted by Gasteiger charge is 2.18. The second kappa shape index (κ2) is 7.37. The zero-order chi connectivity index (χ0) is 15.1. The molecule has 108 valence electrons. The molecule has 0 aliphatic heterocycles. The van der Waals surface area contributed by atoms with Crippen molar-refractivity contribution < 1.29 is 28.7 Å². The molecule has 6 heteroatoms. The van der Waals surface area contributed by atoms with Crippen molar-refractivity contribution in [3.8, 4) is 0 Å². The zero-order valence-corrected chi connectivity index (χ0v) is 11.3. The molecule has 2 aliphatic carbocycles. The van der Waals surface area contributed by atoms with E-state index in [1.165, 1.54) is 26.0 Å². The van der Waals surface area contributed by atoms with Crippen molar-refractivity contribution in [2.45, 2.75) is 38.9 Å². The van der Waals surface area contributed by atoms with Crippen LogP contribution in [0.25, 0.3) is 0 Å². The molecule has 0 aromatic rings. The summed E-state index contributed by atoms with van der Waals surface area (Å²) in [5, 5.41) is 0. The van der Waals surface area contributed by atoms with Crippen LogP contribution in [0.15, 0.2) is 24.3 Å². The van der Waals surface area contributed by atoms with E-state index in [1.54, 1.807) is 12.2 Å². The van der Waals surface area contributed by atoms with E-state index in [0.717, 1.165) is 0 Å². The first kappa shape index (κ1) is 15.8. The van der Waals surface area contributed by atoms with Gasteiger partial charge in [-0.25, -0.2) is 0 Å². The summed E-state index contributed by atoms with van der Waals surface area (Å²) >= 11 is 0. The first-order valence-electron chi connectivity index (χ1n) is 6.13. The maximum atomic E-state index is 10.6. The van der Waals surface area contributed by atoms with E-state index < -0.39 is 0 Å². The van der Waals surface area contributed by atoms with Gasteiger partial charge in [0.1, 0.15) is 12.2 Å². The summed E-state index contributed by atoms with van der Waals surface area (Å²) in [5.41, 5.74) is 0. The Labute approximate surface area is 116 Å². The zero-order valence-electron chi connectivity index (χ0n) is 11.3. The number of hydrogen-bond donors (Lipinski definition) is 0. The highest BCUT2D eigenvalue weighted by atomic mass is 16.5. The molecule has 0 heterocycles. The number of allylic oxidation sites excluding steroid dienone is 2. The third kappa shape index (κ3) is 6.08. The number of ether oxygens (including phenoxy) is 2. The second-order valence-corrected chi connectivity index (χ2v) is 4.35. The number of esters is 2. The first-order valence-corrected chi connectivity index (χ1v) is 6.13. The van der Waals surface area contributed by atoms with Crippen LogP contribution in [0.3, 0.4) is 0 Å². The van der Waals surface area contributed by atoms with Crippen molar-refractivity contribution in [2.75, 3.05) is 0 Å². The van der Waals surface area contributed by atoms with Crippen molar-refractivity contribution >= 4 is 23.5 Å². The summed E-state index contributed by atoms with van der Waals surface area (Å²) in [5.74, 6) is -0.647. The fourth-order valence-corrected chi connectivity index (χ4v) is 1.69. The third-order valence-electron chi connectivity index (χ3n) is 2.43. The number of hydrogen-bond acceptors (Lipinski definition) is 6. The highest BCUT2D eigenvalue weighted by Crippen LogP contribution is 2.10. The summed E-state index contributed by atoms with van der Waals surface area (Å²) in [6.45, 7) is 2.66. The lowest BCUT2D eigenvalue weighted by molar-refractivity contribution is -0.145. The predicted molar refractivity (Wildman–Crippen MR) is 68.6 cm³/mol. The highest BCUT2D eigenvalue weighted by molar-refractivity contribution is 5.93. The molecule has 20 heavy (non-hydrogen) atoms. The third-order valence-corrected chi connectivity index (χ3v) is 2.43. The number of carbonyl (C=O) groups excluding carboxylic acids is 4. The fraction of sp³-hybridized carbons (Fsp3) is 0.429. The van der Waals surface area contributed by atoms with Gasteiger partial charge < -0.3 is 9.47 Å². The van der Waals surface area contributed by atoms with Crippen molar-refractivity contribution in [1.82, 2.24) is 0 Å². The van der Waals surface area contributed by atoms with Gasteiger partial charge in [-0.2, -0.15) is 0 Å². The minimum Gasteiger partial charge on any atom is -0.458 e. The van der Waals surface area contributed by atoms with Gasteiger partial charge >= 0.3 is 11.9 Å². The van der Waals surface area contributed by atoms with Gasteiger partial charge in [-0.3, -0.25) is 19.2 Å². The molecule has 0 unspecified atom stereocenters. The molecule has 2 aliphatic rings. The molecular formula is C14H16O6. The summed E-state index contributed by atoms with van der Waals surface area (Å²) in [7, 11) is 0. The normalized spacial score (nSPS) is 23.3. The van der Waals surface area contributed by atoms with E-state index in [2.05, 4.69) is 0 Å². The van der Waals surface area contributed by atoms with Gasteiger partial charge in [-0.05, 0) is 24.3 Å². The van der Waals surface area contributed by atoms with Crippen LogP contribution in [0.5, 0.6) is 0 Å². The SMILES string of the molecule is CC(=O)O[C@@H]1C=CC(=O)C1.CC(=O)O[C@H]1C=CC(=O)C1. The average Bonchev–Trinajstić information content (AvgIpc) is 2.87. The van der Waals surface area contributed by atoms with Crippen molar-refractivity contribution in [3.05, 3.63) is 24.3 Å². The Balaban J connectivity index is 0.000000200. The molecule has 0 radical (unpaired) electrons. The molecule has 0 aromatic carbocycles. The lowest BCUT2D eigenvalue weighted by Gasteiger charge is -2.05. The maximum absolute atomic E-state index is 10.6. The van der Waals surface area contributed by atoms with Crippen LogP contribution in [-0.2, 0) is 28.7 Å².